The van der Waals surface area contributed by atoms with Gasteiger partial charge in [0.25, 0.3) is 5.91 Å². The first kappa shape index (κ1) is 19.9. The van der Waals surface area contributed by atoms with Crippen LogP contribution in [0.25, 0.3) is 10.2 Å². The summed E-state index contributed by atoms with van der Waals surface area (Å²) in [6.45, 7) is 3.30. The molecule has 0 aliphatic heterocycles. The van der Waals surface area contributed by atoms with Gasteiger partial charge in [0.05, 0.1) is 28.6 Å². The number of aryl methyl sites for hydroxylation is 1. The zero-order valence-electron chi connectivity index (χ0n) is 15.4. The average molecular weight is 420 g/mol. The summed E-state index contributed by atoms with van der Waals surface area (Å²) in [5.41, 5.74) is 7.91. The SMILES string of the molecule is COc1cc(Cl)c(C)cc1NC(=O)C(C)OC(=O)c1ccc2nc(N)sc2c1. The summed E-state index contributed by atoms with van der Waals surface area (Å²) in [6.07, 6.45) is -1.02. The smallest absolute Gasteiger partial charge is 0.338 e. The second-order valence-electron chi connectivity index (χ2n) is 6.07. The molecule has 146 valence electrons. The molecule has 28 heavy (non-hydrogen) atoms. The molecule has 7 nitrogen and oxygen atoms in total. The fourth-order valence-electron chi connectivity index (χ4n) is 2.52. The normalized spacial score (nSPS) is 11.9. The Hall–Kier alpha value is -2.84. The molecule has 2 aromatic carbocycles. The zero-order valence-corrected chi connectivity index (χ0v) is 17.0. The lowest BCUT2D eigenvalue weighted by molar-refractivity contribution is -0.123. The largest absolute Gasteiger partial charge is 0.495 e. The maximum atomic E-state index is 12.5. The predicted octanol–water partition coefficient (Wildman–Crippen LogP) is 4.03. The van der Waals surface area contributed by atoms with Crippen molar-refractivity contribution >= 4 is 55.8 Å². The van der Waals surface area contributed by atoms with E-state index in [9.17, 15) is 9.59 Å². The van der Waals surface area contributed by atoms with Gasteiger partial charge in [-0.3, -0.25) is 4.79 Å². The van der Waals surface area contributed by atoms with Crippen LogP contribution in [0.15, 0.2) is 30.3 Å². The van der Waals surface area contributed by atoms with E-state index in [0.717, 1.165) is 10.3 Å². The number of methoxy groups -OCH3 is 1. The third kappa shape index (κ3) is 4.18. The van der Waals surface area contributed by atoms with E-state index in [1.54, 1.807) is 30.3 Å². The van der Waals surface area contributed by atoms with Gasteiger partial charge in [0.15, 0.2) is 11.2 Å². The lowest BCUT2D eigenvalue weighted by Crippen LogP contribution is -2.30. The van der Waals surface area contributed by atoms with Crippen molar-refractivity contribution in [1.29, 1.82) is 0 Å². The number of hydrogen-bond donors (Lipinski definition) is 2. The van der Waals surface area contributed by atoms with Crippen LogP contribution in [0, 0.1) is 6.92 Å². The molecule has 9 heteroatoms. The highest BCUT2D eigenvalue weighted by atomic mass is 35.5. The van der Waals surface area contributed by atoms with Gasteiger partial charge >= 0.3 is 5.97 Å². The second-order valence-corrected chi connectivity index (χ2v) is 7.54. The van der Waals surface area contributed by atoms with Crippen molar-refractivity contribution in [3.63, 3.8) is 0 Å². The van der Waals surface area contributed by atoms with Crippen LogP contribution in [0.1, 0.15) is 22.8 Å². The Bertz CT molecular complexity index is 1070. The predicted molar refractivity (Wildman–Crippen MR) is 110 cm³/mol. The minimum atomic E-state index is -1.02. The number of carbonyl (C=O) groups excluding carboxylic acids is 2. The van der Waals surface area contributed by atoms with Gasteiger partial charge in [0.1, 0.15) is 5.75 Å². The van der Waals surface area contributed by atoms with Crippen molar-refractivity contribution in [2.24, 2.45) is 0 Å². The summed E-state index contributed by atoms with van der Waals surface area (Å²) in [4.78, 5) is 29.0. The number of benzene rings is 2. The number of fused-ring (bicyclic) bond motifs is 1. The van der Waals surface area contributed by atoms with Crippen LogP contribution in [0.2, 0.25) is 5.02 Å². The van der Waals surface area contributed by atoms with E-state index >= 15 is 0 Å². The van der Waals surface area contributed by atoms with Crippen LogP contribution in [-0.4, -0.2) is 30.1 Å². The monoisotopic (exact) mass is 419 g/mol. The molecule has 0 fully saturated rings. The molecule has 1 aromatic heterocycles. The van der Waals surface area contributed by atoms with Crippen LogP contribution in [0.5, 0.6) is 5.75 Å². The fourth-order valence-corrected chi connectivity index (χ4v) is 3.44. The maximum absolute atomic E-state index is 12.5. The Kier molecular flexibility index (Phi) is 5.71. The van der Waals surface area contributed by atoms with E-state index in [4.69, 9.17) is 26.8 Å². The molecule has 1 unspecified atom stereocenters. The maximum Gasteiger partial charge on any atom is 0.338 e. The van der Waals surface area contributed by atoms with Gasteiger partial charge in [0, 0.05) is 11.1 Å². The van der Waals surface area contributed by atoms with Gasteiger partial charge in [0.2, 0.25) is 0 Å². The van der Waals surface area contributed by atoms with E-state index in [-0.39, 0.29) is 0 Å². The van der Waals surface area contributed by atoms with Crippen molar-refractivity contribution in [2.75, 3.05) is 18.2 Å². The van der Waals surface area contributed by atoms with Gasteiger partial charge in [-0.25, -0.2) is 9.78 Å². The average Bonchev–Trinajstić information content (AvgIpc) is 3.03. The molecule has 3 rings (SSSR count). The van der Waals surface area contributed by atoms with Gasteiger partial charge < -0.3 is 20.5 Å². The van der Waals surface area contributed by atoms with Crippen LogP contribution < -0.4 is 15.8 Å². The van der Waals surface area contributed by atoms with Crippen molar-refractivity contribution in [2.45, 2.75) is 20.0 Å². The van der Waals surface area contributed by atoms with Gasteiger partial charge in [-0.15, -0.1) is 0 Å². The Labute approximate surface area is 170 Å². The number of ether oxygens (including phenoxy) is 2. The van der Waals surface area contributed by atoms with Gasteiger partial charge in [-0.05, 0) is 43.7 Å². The summed E-state index contributed by atoms with van der Waals surface area (Å²) in [7, 11) is 1.47. The van der Waals surface area contributed by atoms with E-state index in [0.29, 0.717) is 32.7 Å². The lowest BCUT2D eigenvalue weighted by Gasteiger charge is -2.16. The first-order chi connectivity index (χ1) is 13.3. The molecule has 0 aliphatic rings. The number of hydrogen-bond acceptors (Lipinski definition) is 7. The minimum absolute atomic E-state index is 0.315. The lowest BCUT2D eigenvalue weighted by atomic mass is 10.2. The number of esters is 1. The standard InChI is InChI=1S/C19H18ClN3O4S/c1-9-6-14(15(26-3)8-12(9)20)22-17(24)10(2)27-18(25)11-4-5-13-16(7-11)28-19(21)23-13/h4-8,10H,1-3H3,(H2,21,23)(H,22,24). The highest BCUT2D eigenvalue weighted by Crippen LogP contribution is 2.31. The van der Waals surface area contributed by atoms with Crippen molar-refractivity contribution in [3.8, 4) is 5.75 Å². The molecule has 1 atom stereocenters. The first-order valence-electron chi connectivity index (χ1n) is 8.30. The Morgan fingerprint density at radius 3 is 2.75 bits per heavy atom. The third-order valence-corrected chi connectivity index (χ3v) is 5.29. The fraction of sp³-hybridized carbons (Fsp3) is 0.211. The zero-order chi connectivity index (χ0) is 20.4. The van der Waals surface area contributed by atoms with Gasteiger partial charge in [-0.1, -0.05) is 22.9 Å². The molecular weight excluding hydrogens is 402 g/mol. The number of rotatable bonds is 5. The number of nitrogens with one attached hydrogen (secondary N) is 1. The molecule has 0 radical (unpaired) electrons. The van der Waals surface area contributed by atoms with Crippen molar-refractivity contribution in [3.05, 3.63) is 46.5 Å². The van der Waals surface area contributed by atoms with Crippen LogP contribution in [-0.2, 0) is 9.53 Å². The molecule has 0 saturated heterocycles. The number of anilines is 2. The molecular formula is C19H18ClN3O4S. The molecule has 3 N–H and O–H groups in total. The molecule has 1 amide bonds. The van der Waals surface area contributed by atoms with Crippen LogP contribution >= 0.6 is 22.9 Å². The quantitative estimate of drug-likeness (QED) is 0.605. The first-order valence-corrected chi connectivity index (χ1v) is 9.50. The molecule has 0 spiro atoms. The number of amides is 1. The van der Waals surface area contributed by atoms with Crippen LogP contribution in [0.3, 0.4) is 0 Å². The number of thiazole rings is 1. The van der Waals surface area contributed by atoms with E-state index in [1.807, 2.05) is 6.92 Å². The van der Waals surface area contributed by atoms with E-state index in [2.05, 4.69) is 10.3 Å². The van der Waals surface area contributed by atoms with Crippen LogP contribution in [0.4, 0.5) is 10.8 Å². The Balaban J connectivity index is 1.71. The number of nitrogen functional groups attached to an aromatic ring is 1. The van der Waals surface area contributed by atoms with Gasteiger partial charge in [-0.2, -0.15) is 0 Å². The third-order valence-electron chi connectivity index (χ3n) is 4.03. The van der Waals surface area contributed by atoms with E-state index in [1.165, 1.54) is 25.4 Å². The second kappa shape index (κ2) is 8.04. The van der Waals surface area contributed by atoms with E-state index < -0.39 is 18.0 Å². The molecule has 0 aliphatic carbocycles. The Morgan fingerprint density at radius 2 is 2.04 bits per heavy atom. The minimum Gasteiger partial charge on any atom is -0.495 e. The number of carbonyl (C=O) groups is 2. The highest BCUT2D eigenvalue weighted by molar-refractivity contribution is 7.22. The molecule has 3 aromatic rings. The molecule has 0 bridgehead atoms. The van der Waals surface area contributed by atoms with Crippen molar-refractivity contribution < 1.29 is 19.1 Å². The molecule has 0 saturated carbocycles. The highest BCUT2D eigenvalue weighted by Gasteiger charge is 2.21. The number of halogens is 1. The van der Waals surface area contributed by atoms with Crippen molar-refractivity contribution in [1.82, 2.24) is 4.98 Å². The molecule has 1 heterocycles. The summed E-state index contributed by atoms with van der Waals surface area (Å²) < 4.78 is 11.3. The summed E-state index contributed by atoms with van der Waals surface area (Å²) >= 11 is 7.34. The Morgan fingerprint density at radius 1 is 1.29 bits per heavy atom. The summed E-state index contributed by atoms with van der Waals surface area (Å²) in [5, 5.41) is 3.63. The topological polar surface area (TPSA) is 104 Å². The number of nitrogens with zero attached hydrogens (tertiary/aromatic N) is 1. The number of aromatic nitrogens is 1. The summed E-state index contributed by atoms with van der Waals surface area (Å²) in [5.74, 6) is -0.692. The number of nitrogens with two attached hydrogens (primary N) is 1. The summed E-state index contributed by atoms with van der Waals surface area (Å²) in [6, 6.07) is 8.21.